The third kappa shape index (κ3) is 3.51. The molecule has 0 unspecified atom stereocenters. The molecule has 0 fully saturated rings. The molecule has 0 amide bonds. The number of benzene rings is 2. The largest absolute Gasteiger partial charge is 0.461 e. The number of hydrogen-bond acceptors (Lipinski definition) is 3. The van der Waals surface area contributed by atoms with Crippen molar-refractivity contribution in [3.63, 3.8) is 0 Å². The second kappa shape index (κ2) is 7.09. The number of carbonyl (C=O) groups is 1. The summed E-state index contributed by atoms with van der Waals surface area (Å²) in [6.45, 7) is 4.16. The van der Waals surface area contributed by atoms with Crippen molar-refractivity contribution in [3.8, 4) is 22.4 Å². The standard InChI is InChI=1S/C21H19NO2/c1-3-24-21(23)20-14-18(16-7-5-4-6-8-16)13-19(22-20)17-11-9-15(2)10-12-17/h4-14H,3H2,1-2H3. The van der Waals surface area contributed by atoms with E-state index in [1.807, 2.05) is 67.6 Å². The Balaban J connectivity index is 2.12. The van der Waals surface area contributed by atoms with Crippen molar-refractivity contribution in [1.82, 2.24) is 4.98 Å². The van der Waals surface area contributed by atoms with Crippen LogP contribution in [0.5, 0.6) is 0 Å². The number of aryl methyl sites for hydroxylation is 1. The van der Waals surface area contributed by atoms with E-state index in [1.54, 1.807) is 13.0 Å². The Morgan fingerprint density at radius 2 is 1.62 bits per heavy atom. The maximum Gasteiger partial charge on any atom is 0.356 e. The lowest BCUT2D eigenvalue weighted by Crippen LogP contribution is -2.08. The summed E-state index contributed by atoms with van der Waals surface area (Å²) in [5, 5.41) is 0. The second-order valence-electron chi connectivity index (χ2n) is 5.58. The number of esters is 1. The summed E-state index contributed by atoms with van der Waals surface area (Å²) in [6, 6.07) is 21.9. The topological polar surface area (TPSA) is 39.2 Å². The van der Waals surface area contributed by atoms with Gasteiger partial charge in [-0.2, -0.15) is 0 Å². The number of carbonyl (C=O) groups excluding carboxylic acids is 1. The van der Waals surface area contributed by atoms with E-state index in [9.17, 15) is 4.79 Å². The quantitative estimate of drug-likeness (QED) is 0.642. The van der Waals surface area contributed by atoms with Gasteiger partial charge >= 0.3 is 5.97 Å². The van der Waals surface area contributed by atoms with Crippen molar-refractivity contribution >= 4 is 5.97 Å². The minimum absolute atomic E-state index is 0.328. The molecule has 1 heterocycles. The van der Waals surface area contributed by atoms with Crippen LogP contribution in [0.4, 0.5) is 0 Å². The summed E-state index contributed by atoms with van der Waals surface area (Å²) in [6.07, 6.45) is 0. The number of pyridine rings is 1. The molecule has 2 aromatic carbocycles. The van der Waals surface area contributed by atoms with Gasteiger partial charge in [-0.1, -0.05) is 60.2 Å². The van der Waals surface area contributed by atoms with E-state index in [1.165, 1.54) is 5.56 Å². The SMILES string of the molecule is CCOC(=O)c1cc(-c2ccccc2)cc(-c2ccc(C)cc2)n1. The second-order valence-corrected chi connectivity index (χ2v) is 5.58. The zero-order valence-corrected chi connectivity index (χ0v) is 13.8. The number of aromatic nitrogens is 1. The number of ether oxygens (including phenoxy) is 1. The molecule has 3 aromatic rings. The summed E-state index contributed by atoms with van der Waals surface area (Å²) in [5.74, 6) is -0.399. The molecule has 0 aliphatic carbocycles. The maximum atomic E-state index is 12.2. The molecule has 1 aromatic heterocycles. The maximum absolute atomic E-state index is 12.2. The number of rotatable bonds is 4. The third-order valence-corrected chi connectivity index (χ3v) is 3.76. The molecular weight excluding hydrogens is 298 g/mol. The van der Waals surface area contributed by atoms with Crippen molar-refractivity contribution in [3.05, 3.63) is 78.0 Å². The predicted molar refractivity (Wildman–Crippen MR) is 95.8 cm³/mol. The van der Waals surface area contributed by atoms with Crippen LogP contribution in [0.1, 0.15) is 23.0 Å². The van der Waals surface area contributed by atoms with Gasteiger partial charge in [0.05, 0.1) is 12.3 Å². The van der Waals surface area contributed by atoms with Crippen LogP contribution < -0.4 is 0 Å². The van der Waals surface area contributed by atoms with Gasteiger partial charge < -0.3 is 4.74 Å². The zero-order valence-electron chi connectivity index (χ0n) is 13.8. The molecule has 0 radical (unpaired) electrons. The molecule has 0 aliphatic heterocycles. The molecule has 0 saturated heterocycles. The molecule has 3 rings (SSSR count). The first-order valence-corrected chi connectivity index (χ1v) is 7.99. The fourth-order valence-corrected chi connectivity index (χ4v) is 2.51. The lowest BCUT2D eigenvalue weighted by Gasteiger charge is -2.09. The smallest absolute Gasteiger partial charge is 0.356 e. The highest BCUT2D eigenvalue weighted by atomic mass is 16.5. The normalized spacial score (nSPS) is 10.4. The fourth-order valence-electron chi connectivity index (χ4n) is 2.51. The molecule has 0 saturated carbocycles. The van der Waals surface area contributed by atoms with Gasteiger partial charge in [0.25, 0.3) is 0 Å². The van der Waals surface area contributed by atoms with Crippen LogP contribution in [-0.2, 0) is 4.74 Å². The summed E-state index contributed by atoms with van der Waals surface area (Å²) in [4.78, 5) is 16.7. The van der Waals surface area contributed by atoms with Crippen LogP contribution in [0.2, 0.25) is 0 Å². The number of nitrogens with zero attached hydrogens (tertiary/aromatic N) is 1. The van der Waals surface area contributed by atoms with Crippen molar-refractivity contribution in [1.29, 1.82) is 0 Å². The number of hydrogen-bond donors (Lipinski definition) is 0. The highest BCUT2D eigenvalue weighted by Crippen LogP contribution is 2.26. The van der Waals surface area contributed by atoms with E-state index in [-0.39, 0.29) is 0 Å². The van der Waals surface area contributed by atoms with Crippen molar-refractivity contribution < 1.29 is 9.53 Å². The van der Waals surface area contributed by atoms with Crippen LogP contribution in [-0.4, -0.2) is 17.6 Å². The molecule has 0 spiro atoms. The zero-order chi connectivity index (χ0) is 16.9. The predicted octanol–water partition coefficient (Wildman–Crippen LogP) is 4.90. The Kier molecular flexibility index (Phi) is 4.71. The van der Waals surface area contributed by atoms with Crippen molar-refractivity contribution in [2.75, 3.05) is 6.61 Å². The van der Waals surface area contributed by atoms with Gasteiger partial charge in [0, 0.05) is 5.56 Å². The molecule has 3 heteroatoms. The Morgan fingerprint density at radius 3 is 2.29 bits per heavy atom. The molecule has 0 N–H and O–H groups in total. The highest BCUT2D eigenvalue weighted by molar-refractivity contribution is 5.90. The van der Waals surface area contributed by atoms with E-state index in [2.05, 4.69) is 4.98 Å². The van der Waals surface area contributed by atoms with Crippen molar-refractivity contribution in [2.24, 2.45) is 0 Å². The van der Waals surface area contributed by atoms with Gasteiger partial charge in [0.15, 0.2) is 0 Å². The van der Waals surface area contributed by atoms with E-state index >= 15 is 0 Å². The van der Waals surface area contributed by atoms with Gasteiger partial charge in [-0.25, -0.2) is 9.78 Å². The lowest BCUT2D eigenvalue weighted by atomic mass is 10.0. The molecule has 0 aliphatic rings. The summed E-state index contributed by atoms with van der Waals surface area (Å²) >= 11 is 0. The first-order valence-electron chi connectivity index (χ1n) is 7.99. The van der Waals surface area contributed by atoms with Gasteiger partial charge in [-0.05, 0) is 37.1 Å². The summed E-state index contributed by atoms with van der Waals surface area (Å²) < 4.78 is 5.13. The van der Waals surface area contributed by atoms with Gasteiger partial charge in [-0.15, -0.1) is 0 Å². The summed E-state index contributed by atoms with van der Waals surface area (Å²) in [7, 11) is 0. The average molecular weight is 317 g/mol. The molecule has 120 valence electrons. The first-order chi connectivity index (χ1) is 11.7. The van der Waals surface area contributed by atoms with Crippen LogP contribution in [0, 0.1) is 6.92 Å². The van der Waals surface area contributed by atoms with Crippen LogP contribution >= 0.6 is 0 Å². The van der Waals surface area contributed by atoms with Gasteiger partial charge in [0.1, 0.15) is 5.69 Å². The van der Waals surface area contributed by atoms with E-state index in [0.717, 1.165) is 22.4 Å². The Labute approximate surface area is 142 Å². The Morgan fingerprint density at radius 1 is 0.917 bits per heavy atom. The Bertz CT molecular complexity index is 839. The fraction of sp³-hybridized carbons (Fsp3) is 0.143. The van der Waals surface area contributed by atoms with Crippen LogP contribution in [0.15, 0.2) is 66.7 Å². The van der Waals surface area contributed by atoms with E-state index < -0.39 is 5.97 Å². The molecular formula is C21H19NO2. The third-order valence-electron chi connectivity index (χ3n) is 3.76. The lowest BCUT2D eigenvalue weighted by molar-refractivity contribution is 0.0519. The highest BCUT2D eigenvalue weighted by Gasteiger charge is 2.13. The van der Waals surface area contributed by atoms with Crippen LogP contribution in [0.3, 0.4) is 0 Å². The molecule has 24 heavy (non-hydrogen) atoms. The molecule has 0 atom stereocenters. The van der Waals surface area contributed by atoms with Gasteiger partial charge in [0.2, 0.25) is 0 Å². The minimum atomic E-state index is -0.399. The summed E-state index contributed by atoms with van der Waals surface area (Å²) in [5.41, 5.74) is 5.24. The van der Waals surface area contributed by atoms with Crippen molar-refractivity contribution in [2.45, 2.75) is 13.8 Å². The minimum Gasteiger partial charge on any atom is -0.461 e. The monoisotopic (exact) mass is 317 g/mol. The molecule has 0 bridgehead atoms. The molecule has 3 nitrogen and oxygen atoms in total. The van der Waals surface area contributed by atoms with Crippen LogP contribution in [0.25, 0.3) is 22.4 Å². The van der Waals surface area contributed by atoms with E-state index in [0.29, 0.717) is 12.3 Å². The van der Waals surface area contributed by atoms with E-state index in [4.69, 9.17) is 4.74 Å². The first kappa shape index (κ1) is 15.9. The van der Waals surface area contributed by atoms with Gasteiger partial charge in [-0.3, -0.25) is 0 Å². The average Bonchev–Trinajstić information content (AvgIpc) is 2.63. The Hall–Kier alpha value is -2.94.